The molecule has 0 bridgehead atoms. The Hall–Kier alpha value is -3.92. The molecule has 0 spiro atoms. The van der Waals surface area contributed by atoms with Crippen molar-refractivity contribution in [2.24, 2.45) is 0 Å². The van der Waals surface area contributed by atoms with Crippen LogP contribution in [0, 0.1) is 0 Å². The lowest BCUT2D eigenvalue weighted by atomic mass is 9.85. The zero-order chi connectivity index (χ0) is 21.6. The highest BCUT2D eigenvalue weighted by molar-refractivity contribution is 5.88. The van der Waals surface area contributed by atoms with E-state index < -0.39 is 17.9 Å². The first-order valence-corrected chi connectivity index (χ1v) is 10.2. The molecule has 0 saturated carbocycles. The van der Waals surface area contributed by atoms with Gasteiger partial charge in [0, 0.05) is 5.92 Å². The fourth-order valence-electron chi connectivity index (χ4n) is 3.94. The van der Waals surface area contributed by atoms with Crippen molar-refractivity contribution in [2.45, 2.75) is 18.4 Å². The minimum atomic E-state index is -1.09. The molecule has 4 aromatic carbocycles. The van der Waals surface area contributed by atoms with Crippen molar-refractivity contribution in [2.75, 3.05) is 0 Å². The molecule has 0 radical (unpaired) electrons. The van der Waals surface area contributed by atoms with Gasteiger partial charge in [-0.25, -0.2) is 4.79 Å². The minimum Gasteiger partial charge on any atom is -0.480 e. The third-order valence-electron chi connectivity index (χ3n) is 5.41. The molecule has 154 valence electrons. The number of aliphatic carboxylic acids is 1. The summed E-state index contributed by atoms with van der Waals surface area (Å²) in [6, 6.07) is 31.6. The van der Waals surface area contributed by atoms with Gasteiger partial charge >= 0.3 is 5.97 Å². The Morgan fingerprint density at radius 2 is 1.26 bits per heavy atom. The van der Waals surface area contributed by atoms with Crippen molar-refractivity contribution >= 4 is 22.6 Å². The van der Waals surface area contributed by atoms with E-state index in [-0.39, 0.29) is 12.3 Å². The third kappa shape index (κ3) is 4.81. The molecule has 0 saturated heterocycles. The Morgan fingerprint density at radius 1 is 0.710 bits per heavy atom. The van der Waals surface area contributed by atoms with Gasteiger partial charge in [0.05, 0.1) is 6.42 Å². The summed E-state index contributed by atoms with van der Waals surface area (Å²) in [5.74, 6) is -1.88. The molecule has 0 aromatic heterocycles. The van der Waals surface area contributed by atoms with Crippen molar-refractivity contribution in [3.05, 3.63) is 120 Å². The Morgan fingerprint density at radius 3 is 1.84 bits per heavy atom. The van der Waals surface area contributed by atoms with Gasteiger partial charge in [-0.1, -0.05) is 103 Å². The summed E-state index contributed by atoms with van der Waals surface area (Å²) in [6.07, 6.45) is 0.116. The van der Waals surface area contributed by atoms with E-state index in [2.05, 4.69) is 5.32 Å². The zero-order valence-electron chi connectivity index (χ0n) is 16.9. The number of carboxylic acids is 1. The lowest BCUT2D eigenvalue weighted by Gasteiger charge is -2.26. The molecule has 2 N–H and O–H groups in total. The monoisotopic (exact) mass is 409 g/mol. The van der Waals surface area contributed by atoms with E-state index in [9.17, 15) is 14.7 Å². The minimum absolute atomic E-state index is 0.116. The Bertz CT molecular complexity index is 1150. The SMILES string of the molecule is O=C(Cc1ccc2ccccc2c1)N[C@@H](C(=O)O)C(c1ccccc1)c1ccccc1. The van der Waals surface area contributed by atoms with Gasteiger partial charge in [0.15, 0.2) is 0 Å². The summed E-state index contributed by atoms with van der Waals surface area (Å²) in [4.78, 5) is 25.1. The number of fused-ring (bicyclic) bond motifs is 1. The molecule has 4 nitrogen and oxygen atoms in total. The molecule has 4 heteroatoms. The highest BCUT2D eigenvalue weighted by Crippen LogP contribution is 2.28. The number of carbonyl (C=O) groups is 2. The summed E-state index contributed by atoms with van der Waals surface area (Å²) in [6.45, 7) is 0. The molecule has 0 unspecified atom stereocenters. The Labute approximate surface area is 181 Å². The number of amides is 1. The molecule has 1 atom stereocenters. The molecule has 0 aliphatic heterocycles. The average molecular weight is 409 g/mol. The lowest BCUT2D eigenvalue weighted by Crippen LogP contribution is -2.46. The van der Waals surface area contributed by atoms with Gasteiger partial charge < -0.3 is 10.4 Å². The molecule has 0 heterocycles. The Kier molecular flexibility index (Phi) is 6.08. The van der Waals surface area contributed by atoms with Crippen molar-refractivity contribution < 1.29 is 14.7 Å². The summed E-state index contributed by atoms with van der Waals surface area (Å²) in [5, 5.41) is 14.9. The fraction of sp³-hybridized carbons (Fsp3) is 0.111. The number of hydrogen-bond acceptors (Lipinski definition) is 2. The average Bonchev–Trinajstić information content (AvgIpc) is 2.80. The molecule has 1 amide bonds. The normalized spacial score (nSPS) is 11.9. The molecule has 0 aliphatic rings. The Balaban J connectivity index is 1.60. The van der Waals surface area contributed by atoms with Crippen LogP contribution in [0.15, 0.2) is 103 Å². The predicted octanol–water partition coefficient (Wildman–Crippen LogP) is 4.78. The second-order valence-electron chi connectivity index (χ2n) is 7.54. The van der Waals surface area contributed by atoms with Gasteiger partial charge in [0.1, 0.15) is 6.04 Å². The number of hydrogen-bond donors (Lipinski definition) is 2. The van der Waals surface area contributed by atoms with E-state index in [1.165, 1.54) is 0 Å². The van der Waals surface area contributed by atoms with E-state index in [1.807, 2.05) is 103 Å². The highest BCUT2D eigenvalue weighted by atomic mass is 16.4. The maximum absolute atomic E-state index is 12.9. The van der Waals surface area contributed by atoms with Gasteiger partial charge in [-0.15, -0.1) is 0 Å². The fourth-order valence-corrected chi connectivity index (χ4v) is 3.94. The van der Waals surface area contributed by atoms with Crippen LogP contribution < -0.4 is 5.32 Å². The van der Waals surface area contributed by atoms with Crippen LogP contribution in [0.3, 0.4) is 0 Å². The van der Waals surface area contributed by atoms with E-state index in [4.69, 9.17) is 0 Å². The topological polar surface area (TPSA) is 66.4 Å². The van der Waals surface area contributed by atoms with Gasteiger partial charge in [-0.2, -0.15) is 0 Å². The number of carboxylic acid groups (broad SMARTS) is 1. The summed E-state index contributed by atoms with van der Waals surface area (Å²) in [5.41, 5.74) is 2.52. The molecule has 0 fully saturated rings. The van der Waals surface area contributed by atoms with Gasteiger partial charge in [-0.05, 0) is 27.5 Å². The molecule has 31 heavy (non-hydrogen) atoms. The third-order valence-corrected chi connectivity index (χ3v) is 5.41. The maximum Gasteiger partial charge on any atom is 0.327 e. The van der Waals surface area contributed by atoms with Gasteiger partial charge in [0.2, 0.25) is 5.91 Å². The summed E-state index contributed by atoms with van der Waals surface area (Å²) in [7, 11) is 0. The van der Waals surface area contributed by atoms with Gasteiger partial charge in [0.25, 0.3) is 0 Å². The zero-order valence-corrected chi connectivity index (χ0v) is 16.9. The van der Waals surface area contributed by atoms with E-state index in [0.29, 0.717) is 0 Å². The molecule has 4 rings (SSSR count). The van der Waals surface area contributed by atoms with E-state index in [1.54, 1.807) is 0 Å². The number of carbonyl (C=O) groups excluding carboxylic acids is 1. The van der Waals surface area contributed by atoms with Crippen LogP contribution in [0.25, 0.3) is 10.8 Å². The van der Waals surface area contributed by atoms with Crippen molar-refractivity contribution in [1.82, 2.24) is 5.32 Å². The smallest absolute Gasteiger partial charge is 0.327 e. The largest absolute Gasteiger partial charge is 0.480 e. The summed E-state index contributed by atoms with van der Waals surface area (Å²) < 4.78 is 0. The highest BCUT2D eigenvalue weighted by Gasteiger charge is 2.32. The molecule has 0 aliphatic carbocycles. The van der Waals surface area contributed by atoms with Crippen LogP contribution in [-0.4, -0.2) is 23.0 Å². The number of rotatable bonds is 7. The van der Waals surface area contributed by atoms with Crippen LogP contribution in [-0.2, 0) is 16.0 Å². The first kappa shape index (κ1) is 20.4. The first-order chi connectivity index (χ1) is 15.1. The maximum atomic E-state index is 12.9. The van der Waals surface area contributed by atoms with E-state index in [0.717, 1.165) is 27.5 Å². The van der Waals surface area contributed by atoms with Crippen LogP contribution in [0.1, 0.15) is 22.6 Å². The van der Waals surface area contributed by atoms with Crippen LogP contribution in [0.4, 0.5) is 0 Å². The second-order valence-corrected chi connectivity index (χ2v) is 7.54. The van der Waals surface area contributed by atoms with Crippen LogP contribution >= 0.6 is 0 Å². The summed E-state index contributed by atoms with van der Waals surface area (Å²) >= 11 is 0. The molecular formula is C27H23NO3. The lowest BCUT2D eigenvalue weighted by molar-refractivity contribution is -0.142. The van der Waals surface area contributed by atoms with Crippen molar-refractivity contribution in [3.63, 3.8) is 0 Å². The standard InChI is InChI=1S/C27H23NO3/c29-24(18-19-15-16-20-9-7-8-14-23(20)17-19)28-26(27(30)31)25(21-10-3-1-4-11-21)22-12-5-2-6-13-22/h1-17,25-26H,18H2,(H,28,29)(H,30,31)/t26-/m1/s1. The van der Waals surface area contributed by atoms with Crippen molar-refractivity contribution in [3.8, 4) is 0 Å². The van der Waals surface area contributed by atoms with Crippen LogP contribution in [0.2, 0.25) is 0 Å². The predicted molar refractivity (Wildman–Crippen MR) is 122 cm³/mol. The molecule has 4 aromatic rings. The molecular weight excluding hydrogens is 386 g/mol. The number of benzene rings is 4. The first-order valence-electron chi connectivity index (χ1n) is 10.2. The van der Waals surface area contributed by atoms with Gasteiger partial charge in [-0.3, -0.25) is 4.79 Å². The number of nitrogens with one attached hydrogen (secondary N) is 1. The van der Waals surface area contributed by atoms with Crippen molar-refractivity contribution in [1.29, 1.82) is 0 Å². The van der Waals surface area contributed by atoms with Crippen LogP contribution in [0.5, 0.6) is 0 Å². The quantitative estimate of drug-likeness (QED) is 0.461. The van der Waals surface area contributed by atoms with E-state index >= 15 is 0 Å². The second kappa shape index (κ2) is 9.26.